The second-order valence-corrected chi connectivity index (χ2v) is 15.0. The topological polar surface area (TPSA) is 215 Å². The molecular weight excluding hydrogens is 672 g/mol. The van der Waals surface area contributed by atoms with E-state index in [1.165, 1.54) is 24.1 Å². The molecule has 4 aliphatic rings. The molecule has 13 heteroatoms. The summed E-state index contributed by atoms with van der Waals surface area (Å²) < 4.78 is 20.2. The van der Waals surface area contributed by atoms with Crippen LogP contribution in [0.3, 0.4) is 0 Å². The Morgan fingerprint density at radius 3 is 2.19 bits per heavy atom. The van der Waals surface area contributed by atoms with Gasteiger partial charge in [0.25, 0.3) is 0 Å². The zero-order valence-corrected chi connectivity index (χ0v) is 31.0. The van der Waals surface area contributed by atoms with E-state index in [-0.39, 0.29) is 34.6 Å². The lowest BCUT2D eigenvalue weighted by Gasteiger charge is -2.50. The van der Waals surface area contributed by atoms with Crippen molar-refractivity contribution in [3.05, 3.63) is 69.4 Å². The number of amides is 2. The molecule has 7 N–H and O–H groups in total. The molecule has 2 amide bonds. The van der Waals surface area contributed by atoms with Crippen LogP contribution in [0.2, 0.25) is 0 Å². The number of urea groups is 1. The standard InChI is InChI=1S/C38H46O9.CH4N2O2/c1-21(2)11-10-18-36(8)19-17-24-29(39)28-30(40)26-12-9-13-27-35(6,7)47-37(34(43)44,20-16-23(5)33(41)42)38(26,27)46-32(28)25(31(24)45-36)15-14-22(3)4;2-1(4)3-5/h11-12,14,16-17,19,27,39H,9-10,13,15,18,20H2,1-8H3,(H,41,42)(H,43,44);5H,(H3,2,3,4). The van der Waals surface area contributed by atoms with E-state index in [4.69, 9.17) is 19.4 Å². The first-order valence-electron chi connectivity index (χ1n) is 17.2. The van der Waals surface area contributed by atoms with Crippen molar-refractivity contribution < 1.29 is 53.9 Å². The maximum absolute atomic E-state index is 14.7. The first kappa shape index (κ1) is 39.9. The lowest BCUT2D eigenvalue weighted by molar-refractivity contribution is -0.184. The van der Waals surface area contributed by atoms with Crippen molar-refractivity contribution in [1.82, 2.24) is 5.48 Å². The maximum Gasteiger partial charge on any atom is 0.340 e. The molecule has 3 heterocycles. The number of benzene rings is 1. The number of phenolic OH excluding ortho intramolecular Hbond substituents is 1. The number of primary amides is 1. The molecule has 13 nitrogen and oxygen atoms in total. The summed E-state index contributed by atoms with van der Waals surface area (Å²) in [5, 5.41) is 39.8. The average molecular weight is 723 g/mol. The molecule has 1 spiro atoms. The lowest BCUT2D eigenvalue weighted by atomic mass is 9.60. The fourth-order valence-electron chi connectivity index (χ4n) is 7.66. The maximum atomic E-state index is 14.7. The second kappa shape index (κ2) is 14.6. The molecule has 0 bridgehead atoms. The molecule has 5 rings (SSSR count). The van der Waals surface area contributed by atoms with E-state index in [1.807, 2.05) is 46.8 Å². The minimum absolute atomic E-state index is 0.0407. The average Bonchev–Trinajstić information content (AvgIpc) is 3.26. The number of aromatic hydroxyl groups is 1. The summed E-state index contributed by atoms with van der Waals surface area (Å²) in [6.07, 6.45) is 13.1. The van der Waals surface area contributed by atoms with E-state index in [1.54, 1.807) is 26.0 Å². The zero-order valence-electron chi connectivity index (χ0n) is 31.0. The molecule has 3 aliphatic heterocycles. The Morgan fingerprint density at radius 1 is 1.00 bits per heavy atom. The molecule has 0 radical (unpaired) electrons. The molecule has 1 aliphatic carbocycles. The third kappa shape index (κ3) is 6.99. The molecule has 1 aromatic carbocycles. The highest BCUT2D eigenvalue weighted by Gasteiger charge is 2.77. The van der Waals surface area contributed by atoms with Gasteiger partial charge in [0.15, 0.2) is 11.4 Å². The highest BCUT2D eigenvalue weighted by Crippen LogP contribution is 2.64. The summed E-state index contributed by atoms with van der Waals surface area (Å²) >= 11 is 0. The summed E-state index contributed by atoms with van der Waals surface area (Å²) in [7, 11) is 0. The number of Topliss-reactive ketones (excluding diaryl/α,β-unsaturated/α-hetero) is 1. The molecule has 4 unspecified atom stereocenters. The van der Waals surface area contributed by atoms with Crippen molar-refractivity contribution in [1.29, 1.82) is 0 Å². The van der Waals surface area contributed by atoms with Crippen LogP contribution in [0.4, 0.5) is 4.79 Å². The Balaban J connectivity index is 0.00000113. The Labute approximate surface area is 303 Å². The van der Waals surface area contributed by atoms with E-state index < -0.39 is 52.1 Å². The number of nitrogens with two attached hydrogens (primary N) is 1. The van der Waals surface area contributed by atoms with Crippen molar-refractivity contribution >= 4 is 29.8 Å². The number of aliphatic carboxylic acids is 2. The van der Waals surface area contributed by atoms with Gasteiger partial charge in [-0.05, 0) is 99.6 Å². The van der Waals surface area contributed by atoms with Gasteiger partial charge in [-0.25, -0.2) is 19.9 Å². The van der Waals surface area contributed by atoms with Crippen molar-refractivity contribution in [2.24, 2.45) is 11.7 Å². The van der Waals surface area contributed by atoms with Crippen LogP contribution in [0, 0.1) is 5.92 Å². The number of ether oxygens (including phenoxy) is 3. The number of carboxylic acids is 2. The van der Waals surface area contributed by atoms with Crippen LogP contribution in [0.15, 0.2) is 52.7 Å². The Morgan fingerprint density at radius 2 is 1.63 bits per heavy atom. The van der Waals surface area contributed by atoms with Crippen molar-refractivity contribution in [2.75, 3.05) is 0 Å². The van der Waals surface area contributed by atoms with E-state index in [2.05, 4.69) is 11.8 Å². The first-order valence-corrected chi connectivity index (χ1v) is 17.2. The van der Waals surface area contributed by atoms with Gasteiger partial charge in [-0.1, -0.05) is 35.5 Å². The normalized spacial score (nSPS) is 26.3. The van der Waals surface area contributed by atoms with Crippen LogP contribution in [-0.2, 0) is 20.7 Å². The number of carboxylic acid groups (broad SMARTS) is 2. The number of carbonyl (C=O) groups is 4. The third-order valence-electron chi connectivity index (χ3n) is 10.2. The van der Waals surface area contributed by atoms with Gasteiger partial charge in [0.2, 0.25) is 5.60 Å². The summed E-state index contributed by atoms with van der Waals surface area (Å²) in [6, 6.07) is -0.940. The predicted octanol–water partition coefficient (Wildman–Crippen LogP) is 6.56. The largest absolute Gasteiger partial charge is 0.506 e. The van der Waals surface area contributed by atoms with Crippen LogP contribution in [-0.4, -0.2) is 66.7 Å². The van der Waals surface area contributed by atoms with Crippen molar-refractivity contribution in [2.45, 2.75) is 116 Å². The highest BCUT2D eigenvalue weighted by atomic mass is 16.6. The van der Waals surface area contributed by atoms with Gasteiger partial charge in [-0.3, -0.25) is 10.0 Å². The van der Waals surface area contributed by atoms with Crippen molar-refractivity contribution in [3.63, 3.8) is 0 Å². The van der Waals surface area contributed by atoms with Crippen LogP contribution in [0.1, 0.15) is 109 Å². The molecule has 1 saturated heterocycles. The van der Waals surface area contributed by atoms with Gasteiger partial charge >= 0.3 is 18.0 Å². The summed E-state index contributed by atoms with van der Waals surface area (Å²) in [5.41, 5.74) is 2.79. The minimum atomic E-state index is -2.16. The Bertz CT molecular complexity index is 1830. The summed E-state index contributed by atoms with van der Waals surface area (Å²) in [6.45, 7) is 14.9. The van der Waals surface area contributed by atoms with Crippen molar-refractivity contribution in [3.8, 4) is 17.2 Å². The van der Waals surface area contributed by atoms with Gasteiger partial charge in [0.1, 0.15) is 28.4 Å². The number of hydroxylamine groups is 1. The SMILES string of the molecule is CC(C)=CCCC1(C)C=Cc2c(O)c3c(c(CC=C(C)C)c2O1)OC12C(=CCCC1C(C)(C)OC2(CC=C(C)C(=O)O)C(=O)O)C3=O.NC(=O)NO. The smallest absolute Gasteiger partial charge is 0.340 e. The monoisotopic (exact) mass is 722 g/mol. The van der Waals surface area contributed by atoms with Gasteiger partial charge < -0.3 is 35.3 Å². The summed E-state index contributed by atoms with van der Waals surface area (Å²) in [4.78, 5) is 49.3. The third-order valence-corrected chi connectivity index (χ3v) is 10.2. The van der Waals surface area contributed by atoms with Gasteiger partial charge in [-0.15, -0.1) is 0 Å². The van der Waals surface area contributed by atoms with Crippen LogP contribution in [0.25, 0.3) is 6.08 Å². The number of ketones is 1. The lowest BCUT2D eigenvalue weighted by Crippen LogP contribution is -2.66. The predicted molar refractivity (Wildman–Crippen MR) is 193 cm³/mol. The zero-order chi connectivity index (χ0) is 39.0. The van der Waals surface area contributed by atoms with E-state index in [0.717, 1.165) is 12.0 Å². The van der Waals surface area contributed by atoms with Gasteiger partial charge in [0.05, 0.1) is 11.2 Å². The highest BCUT2D eigenvalue weighted by molar-refractivity contribution is 6.17. The molecule has 0 saturated carbocycles. The fourth-order valence-corrected chi connectivity index (χ4v) is 7.66. The fraction of sp³-hybridized carbons (Fsp3) is 0.487. The number of nitrogens with one attached hydrogen (secondary N) is 1. The molecule has 282 valence electrons. The number of fused-ring (bicyclic) bond motifs is 2. The Hall–Kier alpha value is -4.88. The number of hydrogen-bond acceptors (Lipinski definition) is 9. The quantitative estimate of drug-likeness (QED) is 0.0695. The number of rotatable bonds is 9. The van der Waals surface area contributed by atoms with E-state index in [0.29, 0.717) is 42.6 Å². The molecule has 4 atom stereocenters. The summed E-state index contributed by atoms with van der Waals surface area (Å²) in [5.74, 6) is -3.53. The minimum Gasteiger partial charge on any atom is -0.506 e. The van der Waals surface area contributed by atoms with Crippen LogP contribution >= 0.6 is 0 Å². The molecule has 52 heavy (non-hydrogen) atoms. The van der Waals surface area contributed by atoms with Gasteiger partial charge in [0, 0.05) is 29.0 Å². The number of carbonyl (C=O) groups excluding carboxylic acids is 2. The van der Waals surface area contributed by atoms with E-state index >= 15 is 0 Å². The molecular formula is C39H50N2O11. The van der Waals surface area contributed by atoms with Crippen LogP contribution in [0.5, 0.6) is 17.2 Å². The van der Waals surface area contributed by atoms with Crippen LogP contribution < -0.4 is 20.7 Å². The number of allylic oxidation sites excluding steroid dienone is 5. The number of phenols is 1. The first-order chi connectivity index (χ1) is 24.2. The van der Waals surface area contributed by atoms with E-state index in [9.17, 15) is 34.5 Å². The molecule has 1 fully saturated rings. The molecule has 0 aromatic heterocycles. The Kier molecular flexibility index (Phi) is 11.2. The molecule has 1 aromatic rings. The second-order valence-electron chi connectivity index (χ2n) is 15.0. The van der Waals surface area contributed by atoms with Gasteiger partial charge in [-0.2, -0.15) is 0 Å². The number of hydrogen-bond donors (Lipinski definition) is 6.